The quantitative estimate of drug-likeness (QED) is 0.720. The maximum Gasteiger partial charge on any atom is 0.137 e. The molecule has 0 saturated carbocycles. The molecule has 5 rings (SSSR count). The van der Waals surface area contributed by atoms with Gasteiger partial charge in [-0.1, -0.05) is 24.3 Å². The highest BCUT2D eigenvalue weighted by Gasteiger charge is 2.18. The molecule has 0 amide bonds. The minimum absolute atomic E-state index is 1.02. The Morgan fingerprint density at radius 1 is 0.815 bits per heavy atom. The van der Waals surface area contributed by atoms with Gasteiger partial charge in [0.25, 0.3) is 0 Å². The molecule has 2 aliphatic rings. The molecule has 4 nitrogen and oxygen atoms in total. The van der Waals surface area contributed by atoms with Crippen LogP contribution >= 0.6 is 0 Å². The van der Waals surface area contributed by atoms with Gasteiger partial charge in [-0.25, -0.2) is 4.98 Å². The van der Waals surface area contributed by atoms with Gasteiger partial charge in [0.1, 0.15) is 5.82 Å². The predicted molar refractivity (Wildman–Crippen MR) is 109 cm³/mol. The third kappa shape index (κ3) is 3.28. The number of benzene rings is 1. The van der Waals surface area contributed by atoms with Crippen LogP contribution in [0, 0.1) is 0 Å². The van der Waals surface area contributed by atoms with Crippen molar-refractivity contribution in [1.82, 2.24) is 19.0 Å². The first-order chi connectivity index (χ1) is 13.4. The van der Waals surface area contributed by atoms with Gasteiger partial charge in [-0.15, -0.1) is 0 Å². The minimum Gasteiger partial charge on any atom is -0.353 e. The number of hydrogen-bond donors (Lipinski definition) is 0. The zero-order chi connectivity index (χ0) is 18.1. The first-order valence-electron chi connectivity index (χ1n) is 9.74. The average molecular weight is 356 g/mol. The van der Waals surface area contributed by atoms with Crippen molar-refractivity contribution in [1.29, 1.82) is 0 Å². The molecule has 4 heteroatoms. The Hall–Kier alpha value is -2.85. The van der Waals surface area contributed by atoms with Gasteiger partial charge in [0.2, 0.25) is 0 Å². The minimum atomic E-state index is 1.02. The maximum absolute atomic E-state index is 4.57. The number of piperidine rings is 1. The third-order valence-electron chi connectivity index (χ3n) is 5.66. The Morgan fingerprint density at radius 2 is 1.56 bits per heavy atom. The lowest BCUT2D eigenvalue weighted by Gasteiger charge is -2.29. The fraction of sp³-hybridized carbons (Fsp3) is 0.261. The summed E-state index contributed by atoms with van der Waals surface area (Å²) in [6, 6.07) is 12.8. The number of likely N-dealkylation sites (tertiary alicyclic amines) is 1. The van der Waals surface area contributed by atoms with Crippen LogP contribution in [0.3, 0.4) is 0 Å². The highest BCUT2D eigenvalue weighted by Crippen LogP contribution is 2.25. The van der Waals surface area contributed by atoms with E-state index >= 15 is 0 Å². The van der Waals surface area contributed by atoms with Crippen molar-refractivity contribution < 1.29 is 0 Å². The molecular weight excluding hydrogens is 332 g/mol. The summed E-state index contributed by atoms with van der Waals surface area (Å²) in [4.78, 5) is 7.15. The van der Waals surface area contributed by atoms with Gasteiger partial charge in [-0.05, 0) is 53.1 Å². The van der Waals surface area contributed by atoms with Crippen molar-refractivity contribution in [3.8, 4) is 0 Å². The molecular formula is C23H24N4. The fourth-order valence-corrected chi connectivity index (χ4v) is 4.11. The molecule has 0 unspecified atom stereocenters. The zero-order valence-electron chi connectivity index (χ0n) is 15.5. The molecule has 0 aliphatic carbocycles. The van der Waals surface area contributed by atoms with Crippen LogP contribution in [0.2, 0.25) is 0 Å². The molecule has 136 valence electrons. The normalized spacial score (nSPS) is 16.9. The molecule has 27 heavy (non-hydrogen) atoms. The Morgan fingerprint density at radius 3 is 2.33 bits per heavy atom. The molecule has 1 saturated heterocycles. The number of nitrogens with zero attached hydrogens (tertiary/aromatic N) is 4. The second-order valence-corrected chi connectivity index (χ2v) is 7.32. The van der Waals surface area contributed by atoms with E-state index in [1.54, 1.807) is 0 Å². The van der Waals surface area contributed by atoms with Crippen LogP contribution in [-0.4, -0.2) is 38.7 Å². The van der Waals surface area contributed by atoms with E-state index in [9.17, 15) is 0 Å². The molecule has 0 N–H and O–H groups in total. The molecule has 4 heterocycles. The van der Waals surface area contributed by atoms with Crippen LogP contribution in [0.25, 0.3) is 17.8 Å². The van der Waals surface area contributed by atoms with Crippen molar-refractivity contribution in [2.24, 2.45) is 0 Å². The van der Waals surface area contributed by atoms with E-state index in [4.69, 9.17) is 0 Å². The van der Waals surface area contributed by atoms with Crippen LogP contribution in [0.5, 0.6) is 0 Å². The Kier molecular flexibility index (Phi) is 4.26. The van der Waals surface area contributed by atoms with E-state index < -0.39 is 0 Å². The topological polar surface area (TPSA) is 26.0 Å². The van der Waals surface area contributed by atoms with Gasteiger partial charge >= 0.3 is 0 Å². The summed E-state index contributed by atoms with van der Waals surface area (Å²) in [5, 5.41) is 2.52. The van der Waals surface area contributed by atoms with Gasteiger partial charge in [-0.2, -0.15) is 0 Å². The summed E-state index contributed by atoms with van der Waals surface area (Å²) in [5.41, 5.74) is 2.85. The summed E-state index contributed by atoms with van der Waals surface area (Å²) < 4.78 is 4.52. The van der Waals surface area contributed by atoms with Crippen LogP contribution < -0.4 is 10.4 Å². The lowest BCUT2D eigenvalue weighted by atomic mass is 10.0. The summed E-state index contributed by atoms with van der Waals surface area (Å²) >= 11 is 0. The summed E-state index contributed by atoms with van der Waals surface area (Å²) in [6.45, 7) is 4.44. The molecule has 0 radical (unpaired) electrons. The average Bonchev–Trinajstić information content (AvgIpc) is 3.36. The SMILES string of the molecule is C1=c2ccccc2=Cc2nccn2C1=C1CCN(CCn2cccc2)CC1. The molecule has 0 bridgehead atoms. The number of imidazole rings is 1. The molecule has 0 atom stereocenters. The zero-order valence-corrected chi connectivity index (χ0v) is 15.5. The highest BCUT2D eigenvalue weighted by molar-refractivity contribution is 5.81. The van der Waals surface area contributed by atoms with Crippen molar-refractivity contribution >= 4 is 17.8 Å². The van der Waals surface area contributed by atoms with E-state index in [1.807, 2.05) is 6.20 Å². The van der Waals surface area contributed by atoms with E-state index in [1.165, 1.54) is 21.7 Å². The number of hydrogen-bond acceptors (Lipinski definition) is 2. The van der Waals surface area contributed by atoms with E-state index in [0.717, 1.165) is 44.8 Å². The van der Waals surface area contributed by atoms with Crippen molar-refractivity contribution in [3.05, 3.63) is 83.0 Å². The second-order valence-electron chi connectivity index (χ2n) is 7.32. The largest absolute Gasteiger partial charge is 0.353 e. The smallest absolute Gasteiger partial charge is 0.137 e. The number of fused-ring (bicyclic) bond motifs is 2. The summed E-state index contributed by atoms with van der Waals surface area (Å²) in [5.74, 6) is 1.02. The highest BCUT2D eigenvalue weighted by atomic mass is 15.1. The second kappa shape index (κ2) is 7.05. The third-order valence-corrected chi connectivity index (χ3v) is 5.66. The standard InChI is InChI=1S/C23H24N4/c1-2-6-21-18-23-24-9-14-27(23)22(17-20(21)5-1)19-7-12-26(13-8-19)16-15-25-10-3-4-11-25/h1-6,9-11,14,17-18H,7-8,12-13,15-16H2. The van der Waals surface area contributed by atoms with Crippen molar-refractivity contribution in [2.45, 2.75) is 19.4 Å². The fourth-order valence-electron chi connectivity index (χ4n) is 4.11. The molecule has 1 aromatic carbocycles. The molecule has 0 spiro atoms. The van der Waals surface area contributed by atoms with Crippen molar-refractivity contribution in [3.63, 3.8) is 0 Å². The van der Waals surface area contributed by atoms with Crippen molar-refractivity contribution in [2.75, 3.05) is 19.6 Å². The lowest BCUT2D eigenvalue weighted by molar-refractivity contribution is 0.247. The predicted octanol–water partition coefficient (Wildman–Crippen LogP) is 2.31. The lowest BCUT2D eigenvalue weighted by Crippen LogP contribution is -2.33. The Bertz CT molecular complexity index is 1080. The Labute approximate surface area is 159 Å². The molecule has 2 aliphatic heterocycles. The van der Waals surface area contributed by atoms with E-state index in [2.05, 4.69) is 86.2 Å². The van der Waals surface area contributed by atoms with Crippen LogP contribution in [0.15, 0.2) is 66.8 Å². The molecule has 2 aromatic heterocycles. The van der Waals surface area contributed by atoms with Gasteiger partial charge in [0, 0.05) is 56.7 Å². The maximum atomic E-state index is 4.57. The number of rotatable bonds is 3. The van der Waals surface area contributed by atoms with Crippen LogP contribution in [0.1, 0.15) is 18.7 Å². The number of allylic oxidation sites excluding steroid dienone is 1. The van der Waals surface area contributed by atoms with Gasteiger partial charge in [0.15, 0.2) is 0 Å². The van der Waals surface area contributed by atoms with Gasteiger partial charge < -0.3 is 14.0 Å². The van der Waals surface area contributed by atoms with E-state index in [0.29, 0.717) is 0 Å². The van der Waals surface area contributed by atoms with Gasteiger partial charge in [-0.3, -0.25) is 0 Å². The van der Waals surface area contributed by atoms with Crippen LogP contribution in [-0.2, 0) is 6.54 Å². The summed E-state index contributed by atoms with van der Waals surface area (Å²) in [7, 11) is 0. The summed E-state index contributed by atoms with van der Waals surface area (Å²) in [6.07, 6.45) is 15.1. The molecule has 1 fully saturated rings. The Balaban J connectivity index is 1.41. The first-order valence-corrected chi connectivity index (χ1v) is 9.74. The van der Waals surface area contributed by atoms with Crippen LogP contribution in [0.4, 0.5) is 0 Å². The first kappa shape index (κ1) is 16.3. The monoisotopic (exact) mass is 356 g/mol. The number of aromatic nitrogens is 3. The van der Waals surface area contributed by atoms with Gasteiger partial charge in [0.05, 0.1) is 0 Å². The molecule has 3 aromatic rings. The van der Waals surface area contributed by atoms with E-state index in [-0.39, 0.29) is 0 Å².